The third-order valence-corrected chi connectivity index (χ3v) is 3.60. The summed E-state index contributed by atoms with van der Waals surface area (Å²) >= 11 is 0. The van der Waals surface area contributed by atoms with Crippen molar-refractivity contribution in [2.45, 2.75) is 37.7 Å². The number of hydrogen-bond acceptors (Lipinski definition) is 3. The van der Waals surface area contributed by atoms with E-state index in [-0.39, 0.29) is 17.8 Å². The quantitative estimate of drug-likeness (QED) is 0.731. The first-order chi connectivity index (χ1) is 9.00. The van der Waals surface area contributed by atoms with Crippen LogP contribution in [0.2, 0.25) is 0 Å². The molecule has 0 spiro atoms. The molecule has 5 heteroatoms. The number of hydrogen-bond donors (Lipinski definition) is 3. The molecule has 0 heterocycles. The Labute approximate surface area is 111 Å². The monoisotopic (exact) mass is 266 g/mol. The van der Waals surface area contributed by atoms with Gasteiger partial charge in [0.05, 0.1) is 11.2 Å². The van der Waals surface area contributed by atoms with Crippen LogP contribution in [0.1, 0.15) is 42.5 Å². The Morgan fingerprint density at radius 3 is 2.68 bits per heavy atom. The highest BCUT2D eigenvalue weighted by Crippen LogP contribution is 2.27. The summed E-state index contributed by atoms with van der Waals surface area (Å²) < 4.78 is 13.6. The van der Waals surface area contributed by atoms with Crippen molar-refractivity contribution in [2.75, 3.05) is 12.3 Å². The highest BCUT2D eigenvalue weighted by atomic mass is 19.1. The number of nitrogens with one attached hydrogen (secondary N) is 1. The zero-order valence-corrected chi connectivity index (χ0v) is 10.8. The van der Waals surface area contributed by atoms with Crippen molar-refractivity contribution in [3.05, 3.63) is 29.6 Å². The summed E-state index contributed by atoms with van der Waals surface area (Å²) in [5.41, 5.74) is 4.81. The maximum atomic E-state index is 13.6. The smallest absolute Gasteiger partial charge is 0.254 e. The molecule has 4 N–H and O–H groups in total. The first-order valence-corrected chi connectivity index (χ1v) is 6.56. The van der Waals surface area contributed by atoms with Gasteiger partial charge in [-0.05, 0) is 31.0 Å². The second-order valence-corrected chi connectivity index (χ2v) is 5.21. The lowest BCUT2D eigenvalue weighted by Crippen LogP contribution is -2.44. The highest BCUT2D eigenvalue weighted by molar-refractivity contribution is 5.94. The molecule has 2 rings (SSSR count). The zero-order chi connectivity index (χ0) is 13.9. The summed E-state index contributed by atoms with van der Waals surface area (Å²) in [6.45, 7) is 0.162. The van der Waals surface area contributed by atoms with Crippen LogP contribution >= 0.6 is 0 Å². The van der Waals surface area contributed by atoms with Crippen LogP contribution in [0.3, 0.4) is 0 Å². The van der Waals surface area contributed by atoms with E-state index in [1.54, 1.807) is 0 Å². The van der Waals surface area contributed by atoms with Crippen LogP contribution in [0, 0.1) is 5.82 Å². The van der Waals surface area contributed by atoms with Crippen LogP contribution in [-0.4, -0.2) is 23.2 Å². The summed E-state index contributed by atoms with van der Waals surface area (Å²) in [5, 5.41) is 12.9. The molecule has 1 aliphatic rings. The minimum Gasteiger partial charge on any atom is -0.399 e. The molecule has 1 aromatic rings. The molecule has 0 aromatic heterocycles. The van der Waals surface area contributed by atoms with E-state index in [1.807, 2.05) is 0 Å². The molecule has 4 nitrogen and oxygen atoms in total. The molecular formula is C14H19FN2O2. The second-order valence-electron chi connectivity index (χ2n) is 5.21. The Kier molecular flexibility index (Phi) is 4.04. The predicted octanol–water partition coefficient (Wildman–Crippen LogP) is 1.83. The molecule has 0 radical (unpaired) electrons. The van der Waals surface area contributed by atoms with Crippen molar-refractivity contribution in [3.8, 4) is 0 Å². The number of anilines is 1. The van der Waals surface area contributed by atoms with E-state index in [0.29, 0.717) is 12.8 Å². The second kappa shape index (κ2) is 5.57. The number of carbonyl (C=O) groups is 1. The Hall–Kier alpha value is -1.62. The molecule has 0 aliphatic heterocycles. The number of amides is 1. The van der Waals surface area contributed by atoms with Gasteiger partial charge in [0.2, 0.25) is 0 Å². The van der Waals surface area contributed by atoms with Gasteiger partial charge in [-0.1, -0.05) is 19.3 Å². The molecule has 0 atom stereocenters. The van der Waals surface area contributed by atoms with Gasteiger partial charge in [0, 0.05) is 12.2 Å². The molecule has 1 fully saturated rings. The van der Waals surface area contributed by atoms with E-state index >= 15 is 0 Å². The fourth-order valence-corrected chi connectivity index (χ4v) is 2.44. The third-order valence-electron chi connectivity index (χ3n) is 3.60. The van der Waals surface area contributed by atoms with Gasteiger partial charge in [-0.2, -0.15) is 0 Å². The average molecular weight is 266 g/mol. The number of nitrogen functional groups attached to an aromatic ring is 1. The van der Waals surface area contributed by atoms with Crippen molar-refractivity contribution in [1.82, 2.24) is 5.32 Å². The Morgan fingerprint density at radius 1 is 1.37 bits per heavy atom. The summed E-state index contributed by atoms with van der Waals surface area (Å²) in [6, 6.07) is 3.95. The summed E-state index contributed by atoms with van der Waals surface area (Å²) in [4.78, 5) is 11.9. The molecule has 0 saturated heterocycles. The van der Waals surface area contributed by atoms with E-state index in [1.165, 1.54) is 12.1 Å². The maximum absolute atomic E-state index is 13.6. The fourth-order valence-electron chi connectivity index (χ4n) is 2.44. The van der Waals surface area contributed by atoms with Crippen LogP contribution in [-0.2, 0) is 0 Å². The number of aliphatic hydroxyl groups is 1. The highest BCUT2D eigenvalue weighted by Gasteiger charge is 2.29. The number of rotatable bonds is 3. The van der Waals surface area contributed by atoms with Crippen molar-refractivity contribution in [1.29, 1.82) is 0 Å². The van der Waals surface area contributed by atoms with Gasteiger partial charge < -0.3 is 16.2 Å². The molecule has 1 aliphatic carbocycles. The van der Waals surface area contributed by atoms with Gasteiger partial charge in [0.25, 0.3) is 5.91 Å². The first kappa shape index (κ1) is 13.8. The number of halogens is 1. The van der Waals surface area contributed by atoms with E-state index in [2.05, 4.69) is 5.32 Å². The lowest BCUT2D eigenvalue weighted by Gasteiger charge is -2.32. The van der Waals surface area contributed by atoms with Gasteiger partial charge in [0.1, 0.15) is 5.82 Å². The molecule has 0 unspecified atom stereocenters. The van der Waals surface area contributed by atoms with Gasteiger partial charge in [-0.25, -0.2) is 4.39 Å². The molecule has 1 saturated carbocycles. The fraction of sp³-hybridized carbons (Fsp3) is 0.500. The number of nitrogens with two attached hydrogens (primary N) is 1. The topological polar surface area (TPSA) is 75.4 Å². The standard InChI is InChI=1S/C14H19FN2O2/c15-12-8-10(16)4-5-11(12)13(18)17-9-14(19)6-2-1-3-7-14/h4-5,8,19H,1-3,6-7,9,16H2,(H,17,18). The van der Waals surface area contributed by atoms with Gasteiger partial charge in [-0.3, -0.25) is 4.79 Å². The number of carbonyl (C=O) groups excluding carboxylic acids is 1. The normalized spacial score (nSPS) is 18.0. The lowest BCUT2D eigenvalue weighted by atomic mass is 9.85. The van der Waals surface area contributed by atoms with E-state index < -0.39 is 17.3 Å². The van der Waals surface area contributed by atoms with Crippen molar-refractivity contribution in [2.24, 2.45) is 0 Å². The SMILES string of the molecule is Nc1ccc(C(=O)NCC2(O)CCCCC2)c(F)c1. The molecular weight excluding hydrogens is 247 g/mol. The average Bonchev–Trinajstić information content (AvgIpc) is 2.37. The lowest BCUT2D eigenvalue weighted by molar-refractivity contribution is 0.00521. The first-order valence-electron chi connectivity index (χ1n) is 6.56. The van der Waals surface area contributed by atoms with Gasteiger partial charge in [-0.15, -0.1) is 0 Å². The largest absolute Gasteiger partial charge is 0.399 e. The van der Waals surface area contributed by atoms with Gasteiger partial charge >= 0.3 is 0 Å². The predicted molar refractivity (Wildman–Crippen MR) is 71.2 cm³/mol. The van der Waals surface area contributed by atoms with Crippen LogP contribution < -0.4 is 11.1 Å². The van der Waals surface area contributed by atoms with Crippen molar-refractivity contribution >= 4 is 11.6 Å². The Bertz CT molecular complexity index is 471. The summed E-state index contributed by atoms with van der Waals surface area (Å²) in [5.74, 6) is -1.16. The summed E-state index contributed by atoms with van der Waals surface area (Å²) in [7, 11) is 0. The van der Waals surface area contributed by atoms with Crippen molar-refractivity contribution in [3.63, 3.8) is 0 Å². The third kappa shape index (κ3) is 3.44. The molecule has 104 valence electrons. The van der Waals surface area contributed by atoms with Crippen LogP contribution in [0.5, 0.6) is 0 Å². The Balaban J connectivity index is 1.97. The van der Waals surface area contributed by atoms with Crippen LogP contribution in [0.25, 0.3) is 0 Å². The minimum absolute atomic E-state index is 0.0476. The molecule has 1 aromatic carbocycles. The minimum atomic E-state index is -0.849. The Morgan fingerprint density at radius 2 is 2.05 bits per heavy atom. The van der Waals surface area contributed by atoms with E-state index in [4.69, 9.17) is 5.73 Å². The van der Waals surface area contributed by atoms with E-state index in [9.17, 15) is 14.3 Å². The summed E-state index contributed by atoms with van der Waals surface area (Å²) in [6.07, 6.45) is 4.39. The van der Waals surface area contributed by atoms with Crippen LogP contribution in [0.15, 0.2) is 18.2 Å². The molecule has 0 bridgehead atoms. The van der Waals surface area contributed by atoms with Gasteiger partial charge in [0.15, 0.2) is 0 Å². The van der Waals surface area contributed by atoms with Crippen LogP contribution in [0.4, 0.5) is 10.1 Å². The zero-order valence-electron chi connectivity index (χ0n) is 10.8. The number of benzene rings is 1. The maximum Gasteiger partial charge on any atom is 0.254 e. The molecule has 1 amide bonds. The van der Waals surface area contributed by atoms with E-state index in [0.717, 1.165) is 25.3 Å². The van der Waals surface area contributed by atoms with Crippen molar-refractivity contribution < 1.29 is 14.3 Å². The molecule has 19 heavy (non-hydrogen) atoms.